The molecule has 5 rings (SSSR count). The summed E-state index contributed by atoms with van der Waals surface area (Å²) >= 11 is 8.13. The van der Waals surface area contributed by atoms with Crippen molar-refractivity contribution >= 4 is 35.0 Å². The van der Waals surface area contributed by atoms with Crippen molar-refractivity contribution < 1.29 is 19.0 Å². The molecular formula is C23H21ClN4O4S. The van der Waals surface area contributed by atoms with Crippen molar-refractivity contribution in [2.24, 2.45) is 0 Å². The number of ether oxygens (including phenoxy) is 3. The third kappa shape index (κ3) is 3.95. The smallest absolute Gasteiger partial charge is 0.247 e. The molecule has 1 aromatic heterocycles. The van der Waals surface area contributed by atoms with Crippen LogP contribution in [0.15, 0.2) is 41.6 Å². The molecule has 1 unspecified atom stereocenters. The normalized spacial score (nSPS) is 16.0. The lowest BCUT2D eigenvalue weighted by atomic mass is 10.1. The van der Waals surface area contributed by atoms with E-state index in [-0.39, 0.29) is 12.7 Å². The van der Waals surface area contributed by atoms with E-state index < -0.39 is 6.23 Å². The summed E-state index contributed by atoms with van der Waals surface area (Å²) in [4.78, 5) is 19.7. The van der Waals surface area contributed by atoms with Crippen molar-refractivity contribution in [2.45, 2.75) is 38.1 Å². The van der Waals surface area contributed by atoms with E-state index in [9.17, 15) is 4.79 Å². The summed E-state index contributed by atoms with van der Waals surface area (Å²) in [5, 5.41) is 9.55. The number of anilines is 1. The van der Waals surface area contributed by atoms with Crippen LogP contribution in [0, 0.1) is 0 Å². The molecule has 1 atom stereocenters. The van der Waals surface area contributed by atoms with Gasteiger partial charge >= 0.3 is 0 Å². The minimum atomic E-state index is -0.885. The Bertz CT molecular complexity index is 1230. The van der Waals surface area contributed by atoms with Crippen LogP contribution in [0.4, 0.5) is 5.69 Å². The van der Waals surface area contributed by atoms with Crippen LogP contribution in [-0.2, 0) is 4.79 Å². The van der Waals surface area contributed by atoms with Gasteiger partial charge in [-0.15, -0.1) is 10.2 Å². The molecule has 0 bridgehead atoms. The number of amides is 1. The number of fused-ring (bicyclic) bond motifs is 4. The van der Waals surface area contributed by atoms with E-state index in [0.717, 1.165) is 5.75 Å². The van der Waals surface area contributed by atoms with Crippen molar-refractivity contribution in [1.29, 1.82) is 0 Å². The number of hydrogen-bond donors (Lipinski definition) is 0. The van der Waals surface area contributed by atoms with Gasteiger partial charge in [-0.05, 0) is 24.3 Å². The minimum Gasteiger partial charge on any atom is -0.454 e. The van der Waals surface area contributed by atoms with E-state index in [4.69, 9.17) is 25.8 Å². The van der Waals surface area contributed by atoms with Gasteiger partial charge in [-0.3, -0.25) is 9.69 Å². The molecule has 1 amide bonds. The highest BCUT2D eigenvalue weighted by molar-refractivity contribution is 7.99. The molecule has 170 valence electrons. The molecule has 2 aliphatic rings. The fourth-order valence-corrected chi connectivity index (χ4v) is 4.58. The van der Waals surface area contributed by atoms with E-state index in [1.54, 1.807) is 17.0 Å². The number of hydrogen-bond acceptors (Lipinski definition) is 8. The average Bonchev–Trinajstić information content (AvgIpc) is 3.20. The second-order valence-electron chi connectivity index (χ2n) is 7.41. The van der Waals surface area contributed by atoms with E-state index >= 15 is 0 Å². The zero-order chi connectivity index (χ0) is 22.9. The third-order valence-electron chi connectivity index (χ3n) is 5.28. The van der Waals surface area contributed by atoms with Gasteiger partial charge < -0.3 is 14.2 Å². The predicted molar refractivity (Wildman–Crippen MR) is 125 cm³/mol. The Balaban J connectivity index is 1.73. The summed E-state index contributed by atoms with van der Waals surface area (Å²) in [5.74, 6) is 2.07. The van der Waals surface area contributed by atoms with E-state index in [1.807, 2.05) is 38.1 Å². The Kier molecular flexibility index (Phi) is 5.99. The van der Waals surface area contributed by atoms with Crippen molar-refractivity contribution in [3.05, 3.63) is 47.0 Å². The van der Waals surface area contributed by atoms with Crippen molar-refractivity contribution in [3.63, 3.8) is 0 Å². The van der Waals surface area contributed by atoms with Crippen LogP contribution < -0.4 is 19.1 Å². The molecule has 33 heavy (non-hydrogen) atoms. The molecule has 0 saturated heterocycles. The molecular weight excluding hydrogens is 464 g/mol. The van der Waals surface area contributed by atoms with Crippen LogP contribution in [0.25, 0.3) is 11.3 Å². The maximum atomic E-state index is 13.4. The van der Waals surface area contributed by atoms with Crippen molar-refractivity contribution in [2.75, 3.05) is 17.4 Å². The largest absolute Gasteiger partial charge is 0.454 e. The Labute approximate surface area is 200 Å². The van der Waals surface area contributed by atoms with Gasteiger partial charge in [0.25, 0.3) is 0 Å². The van der Waals surface area contributed by atoms with Gasteiger partial charge in [0.15, 0.2) is 17.2 Å². The Morgan fingerprint density at radius 1 is 1.18 bits per heavy atom. The molecule has 0 spiro atoms. The molecule has 3 heterocycles. The summed E-state index contributed by atoms with van der Waals surface area (Å²) in [6.45, 7) is 4.08. The maximum absolute atomic E-state index is 13.4. The molecule has 10 heteroatoms. The van der Waals surface area contributed by atoms with Crippen molar-refractivity contribution in [3.8, 4) is 28.6 Å². The van der Waals surface area contributed by atoms with Gasteiger partial charge in [-0.2, -0.15) is 4.98 Å². The van der Waals surface area contributed by atoms with Gasteiger partial charge in [0.1, 0.15) is 0 Å². The van der Waals surface area contributed by atoms with Gasteiger partial charge in [-0.1, -0.05) is 55.4 Å². The number of benzene rings is 2. The molecule has 2 aliphatic heterocycles. The van der Waals surface area contributed by atoms with Gasteiger partial charge in [0.05, 0.1) is 10.7 Å². The standard InChI is InChI=1S/C23H21ClN4O4S/c1-3-7-19(29)28-16-9-6-5-8-13(16)20-21(25-23(27-26-20)33-4-2)32-22(28)14-10-17-18(11-15(14)24)31-12-30-17/h5-6,8-11,22H,3-4,7,12H2,1-2H3. The summed E-state index contributed by atoms with van der Waals surface area (Å²) in [7, 11) is 0. The summed E-state index contributed by atoms with van der Waals surface area (Å²) in [6, 6.07) is 10.9. The first kappa shape index (κ1) is 21.8. The van der Waals surface area contributed by atoms with E-state index in [1.165, 1.54) is 11.8 Å². The van der Waals surface area contributed by atoms with Gasteiger partial charge in [0.2, 0.25) is 30.0 Å². The Hall–Kier alpha value is -3.04. The molecule has 0 N–H and O–H groups in total. The fourth-order valence-electron chi connectivity index (χ4n) is 3.83. The second kappa shape index (κ2) is 9.07. The number of carbonyl (C=O) groups excluding carboxylic acids is 1. The number of nitrogens with zero attached hydrogens (tertiary/aromatic N) is 4. The Morgan fingerprint density at radius 3 is 2.76 bits per heavy atom. The van der Waals surface area contributed by atoms with Crippen LogP contribution in [0.3, 0.4) is 0 Å². The zero-order valence-corrected chi connectivity index (χ0v) is 19.7. The lowest BCUT2D eigenvalue weighted by molar-refractivity contribution is -0.120. The van der Waals surface area contributed by atoms with Crippen LogP contribution in [0.1, 0.15) is 38.5 Å². The monoisotopic (exact) mass is 484 g/mol. The summed E-state index contributed by atoms with van der Waals surface area (Å²) in [6.07, 6.45) is 0.133. The molecule has 0 saturated carbocycles. The highest BCUT2D eigenvalue weighted by Crippen LogP contribution is 2.47. The zero-order valence-electron chi connectivity index (χ0n) is 18.1. The van der Waals surface area contributed by atoms with Crippen LogP contribution in [0.2, 0.25) is 5.02 Å². The first-order valence-corrected chi connectivity index (χ1v) is 12.0. The number of thioether (sulfide) groups is 1. The number of para-hydroxylation sites is 1. The van der Waals surface area contributed by atoms with Crippen molar-refractivity contribution in [1.82, 2.24) is 15.2 Å². The minimum absolute atomic E-state index is 0.104. The summed E-state index contributed by atoms with van der Waals surface area (Å²) < 4.78 is 17.5. The Morgan fingerprint density at radius 2 is 1.97 bits per heavy atom. The van der Waals surface area contributed by atoms with Crippen LogP contribution in [-0.4, -0.2) is 33.6 Å². The average molecular weight is 485 g/mol. The molecule has 3 aromatic rings. The fraction of sp³-hybridized carbons (Fsp3) is 0.304. The maximum Gasteiger partial charge on any atom is 0.247 e. The first-order valence-electron chi connectivity index (χ1n) is 10.6. The lowest BCUT2D eigenvalue weighted by Gasteiger charge is -2.31. The number of halogens is 1. The van der Waals surface area contributed by atoms with E-state index in [0.29, 0.717) is 62.9 Å². The number of rotatable bonds is 5. The molecule has 8 nitrogen and oxygen atoms in total. The third-order valence-corrected chi connectivity index (χ3v) is 6.32. The second-order valence-corrected chi connectivity index (χ2v) is 9.05. The first-order chi connectivity index (χ1) is 16.1. The number of carbonyl (C=O) groups is 1. The highest BCUT2D eigenvalue weighted by atomic mass is 35.5. The molecule has 0 aliphatic carbocycles. The summed E-state index contributed by atoms with van der Waals surface area (Å²) in [5.41, 5.74) is 2.40. The van der Waals surface area contributed by atoms with Gasteiger partial charge in [-0.25, -0.2) is 0 Å². The van der Waals surface area contributed by atoms with Crippen LogP contribution >= 0.6 is 23.4 Å². The topological polar surface area (TPSA) is 86.7 Å². The highest BCUT2D eigenvalue weighted by Gasteiger charge is 2.37. The number of aromatic nitrogens is 3. The predicted octanol–water partition coefficient (Wildman–Crippen LogP) is 5.26. The molecule has 2 aromatic carbocycles. The SMILES string of the molecule is CCCC(=O)N1c2ccccc2-c2nnc(SCC)nc2OC1c1cc2c(cc1Cl)OCO2. The quantitative estimate of drug-likeness (QED) is 0.453. The lowest BCUT2D eigenvalue weighted by Crippen LogP contribution is -2.37. The van der Waals surface area contributed by atoms with Gasteiger partial charge in [0, 0.05) is 23.6 Å². The molecule has 0 fully saturated rings. The van der Waals surface area contributed by atoms with E-state index in [2.05, 4.69) is 15.2 Å². The molecule has 0 radical (unpaired) electrons. The van der Waals surface area contributed by atoms with Crippen LogP contribution in [0.5, 0.6) is 17.4 Å².